The van der Waals surface area contributed by atoms with Gasteiger partial charge in [-0.1, -0.05) is 19.3 Å². The first-order valence-corrected chi connectivity index (χ1v) is 5.96. The van der Waals surface area contributed by atoms with E-state index in [9.17, 15) is 4.79 Å². The maximum Gasteiger partial charge on any atom is 0.308 e. The molecule has 0 heterocycles. The van der Waals surface area contributed by atoms with E-state index in [1.165, 1.54) is 25.7 Å². The first kappa shape index (κ1) is 10.0. The van der Waals surface area contributed by atoms with E-state index in [0.717, 1.165) is 24.7 Å². The number of hydrogen-bond acceptors (Lipinski definition) is 2. The fourth-order valence-corrected chi connectivity index (χ4v) is 3.18. The SMILES string of the molecule is CCOC(=O)C1C[C@H]2CCC[C@@H](C1)C2. The number of esters is 1. The van der Waals surface area contributed by atoms with Crippen molar-refractivity contribution in [1.82, 2.24) is 0 Å². The highest BCUT2D eigenvalue weighted by molar-refractivity contribution is 5.72. The summed E-state index contributed by atoms with van der Waals surface area (Å²) in [5.41, 5.74) is 0. The maximum atomic E-state index is 11.6. The lowest BCUT2D eigenvalue weighted by atomic mass is 9.68. The van der Waals surface area contributed by atoms with Gasteiger partial charge in [-0.3, -0.25) is 4.79 Å². The van der Waals surface area contributed by atoms with Gasteiger partial charge >= 0.3 is 5.97 Å². The van der Waals surface area contributed by atoms with E-state index in [0.29, 0.717) is 6.61 Å². The number of carbonyl (C=O) groups is 1. The normalized spacial score (nSPS) is 36.5. The summed E-state index contributed by atoms with van der Waals surface area (Å²) in [5.74, 6) is 1.91. The van der Waals surface area contributed by atoms with E-state index < -0.39 is 0 Å². The molecule has 0 aromatic rings. The zero-order valence-electron chi connectivity index (χ0n) is 9.00. The van der Waals surface area contributed by atoms with Crippen molar-refractivity contribution >= 4 is 5.97 Å². The van der Waals surface area contributed by atoms with Crippen molar-refractivity contribution in [2.75, 3.05) is 6.61 Å². The van der Waals surface area contributed by atoms with Gasteiger partial charge in [0, 0.05) is 0 Å². The van der Waals surface area contributed by atoms with Gasteiger partial charge in [0.1, 0.15) is 0 Å². The molecule has 0 aliphatic heterocycles. The zero-order chi connectivity index (χ0) is 9.97. The van der Waals surface area contributed by atoms with Crippen LogP contribution in [0.5, 0.6) is 0 Å². The molecule has 14 heavy (non-hydrogen) atoms. The van der Waals surface area contributed by atoms with Crippen molar-refractivity contribution in [3.8, 4) is 0 Å². The highest BCUT2D eigenvalue weighted by Crippen LogP contribution is 2.42. The number of rotatable bonds is 2. The average molecular weight is 196 g/mol. The lowest BCUT2D eigenvalue weighted by molar-refractivity contribution is -0.150. The summed E-state index contributed by atoms with van der Waals surface area (Å²) in [6, 6.07) is 0. The number of carbonyl (C=O) groups excluding carboxylic acids is 1. The summed E-state index contributed by atoms with van der Waals surface area (Å²) in [6.45, 7) is 2.42. The van der Waals surface area contributed by atoms with Crippen molar-refractivity contribution in [2.24, 2.45) is 17.8 Å². The van der Waals surface area contributed by atoms with Crippen LogP contribution in [0.4, 0.5) is 0 Å². The second-order valence-corrected chi connectivity index (χ2v) is 4.82. The molecule has 0 radical (unpaired) electrons. The molecule has 2 nitrogen and oxygen atoms in total. The summed E-state index contributed by atoms with van der Waals surface area (Å²) in [4.78, 5) is 11.6. The topological polar surface area (TPSA) is 26.3 Å². The Kier molecular flexibility index (Phi) is 3.09. The quantitative estimate of drug-likeness (QED) is 0.635. The van der Waals surface area contributed by atoms with Crippen molar-refractivity contribution in [2.45, 2.75) is 45.4 Å². The molecule has 2 rings (SSSR count). The van der Waals surface area contributed by atoms with Gasteiger partial charge in [-0.2, -0.15) is 0 Å². The molecule has 0 aromatic carbocycles. The van der Waals surface area contributed by atoms with Gasteiger partial charge in [0.05, 0.1) is 12.5 Å². The van der Waals surface area contributed by atoms with Crippen LogP contribution in [0, 0.1) is 17.8 Å². The molecule has 0 N–H and O–H groups in total. The monoisotopic (exact) mass is 196 g/mol. The van der Waals surface area contributed by atoms with Crippen molar-refractivity contribution in [3.05, 3.63) is 0 Å². The molecule has 2 aliphatic carbocycles. The molecule has 0 aromatic heterocycles. The van der Waals surface area contributed by atoms with E-state index in [2.05, 4.69) is 0 Å². The summed E-state index contributed by atoms with van der Waals surface area (Å²) in [7, 11) is 0. The van der Waals surface area contributed by atoms with E-state index in [1.807, 2.05) is 6.92 Å². The predicted octanol–water partition coefficient (Wildman–Crippen LogP) is 2.77. The van der Waals surface area contributed by atoms with Crippen LogP contribution in [-0.2, 0) is 9.53 Å². The van der Waals surface area contributed by atoms with E-state index in [4.69, 9.17) is 4.74 Å². The molecular formula is C12H20O2. The summed E-state index contributed by atoms with van der Waals surface area (Å²) >= 11 is 0. The second-order valence-electron chi connectivity index (χ2n) is 4.82. The Labute approximate surface area is 86.0 Å². The zero-order valence-corrected chi connectivity index (χ0v) is 9.00. The van der Waals surface area contributed by atoms with E-state index >= 15 is 0 Å². The smallest absolute Gasteiger partial charge is 0.308 e. The van der Waals surface area contributed by atoms with Crippen LogP contribution >= 0.6 is 0 Å². The highest BCUT2D eigenvalue weighted by atomic mass is 16.5. The Bertz CT molecular complexity index is 200. The minimum Gasteiger partial charge on any atom is -0.466 e. The molecule has 2 heteroatoms. The Morgan fingerprint density at radius 3 is 2.43 bits per heavy atom. The van der Waals surface area contributed by atoms with Crippen molar-refractivity contribution < 1.29 is 9.53 Å². The largest absolute Gasteiger partial charge is 0.466 e. The van der Waals surface area contributed by atoms with Crippen LogP contribution in [0.15, 0.2) is 0 Å². The Hall–Kier alpha value is -0.530. The fourth-order valence-electron chi connectivity index (χ4n) is 3.18. The molecule has 0 spiro atoms. The molecule has 0 amide bonds. The van der Waals surface area contributed by atoms with Gasteiger partial charge in [0.15, 0.2) is 0 Å². The number of ether oxygens (including phenoxy) is 1. The van der Waals surface area contributed by atoms with Crippen LogP contribution in [0.25, 0.3) is 0 Å². The van der Waals surface area contributed by atoms with Gasteiger partial charge in [-0.25, -0.2) is 0 Å². The molecule has 2 saturated carbocycles. The van der Waals surface area contributed by atoms with Crippen molar-refractivity contribution in [1.29, 1.82) is 0 Å². The number of fused-ring (bicyclic) bond motifs is 2. The molecule has 1 unspecified atom stereocenters. The van der Waals surface area contributed by atoms with Gasteiger partial charge in [0.2, 0.25) is 0 Å². The third-order valence-corrected chi connectivity index (χ3v) is 3.75. The van der Waals surface area contributed by atoms with Gasteiger partial charge < -0.3 is 4.74 Å². The lowest BCUT2D eigenvalue weighted by Gasteiger charge is -2.37. The third-order valence-electron chi connectivity index (χ3n) is 3.75. The fraction of sp³-hybridized carbons (Fsp3) is 0.917. The van der Waals surface area contributed by atoms with Crippen LogP contribution in [0.2, 0.25) is 0 Å². The predicted molar refractivity (Wildman–Crippen MR) is 54.8 cm³/mol. The minimum atomic E-state index is 0.0594. The first-order chi connectivity index (χ1) is 6.79. The third kappa shape index (κ3) is 2.10. The van der Waals surface area contributed by atoms with Crippen LogP contribution < -0.4 is 0 Å². The minimum absolute atomic E-state index is 0.0594. The summed E-state index contributed by atoms with van der Waals surface area (Å²) in [6.07, 6.45) is 7.62. The molecule has 3 atom stereocenters. The first-order valence-electron chi connectivity index (χ1n) is 5.96. The Morgan fingerprint density at radius 1 is 1.21 bits per heavy atom. The average Bonchev–Trinajstić information content (AvgIpc) is 2.17. The van der Waals surface area contributed by atoms with Gasteiger partial charge in [0.25, 0.3) is 0 Å². The van der Waals surface area contributed by atoms with E-state index in [-0.39, 0.29) is 11.9 Å². The second kappa shape index (κ2) is 4.33. The molecule has 0 saturated heterocycles. The lowest BCUT2D eigenvalue weighted by Crippen LogP contribution is -2.32. The Balaban J connectivity index is 1.91. The molecule has 2 aliphatic rings. The number of hydrogen-bond donors (Lipinski definition) is 0. The molecule has 80 valence electrons. The maximum absolute atomic E-state index is 11.6. The summed E-state index contributed by atoms with van der Waals surface area (Å²) in [5, 5.41) is 0. The van der Waals surface area contributed by atoms with Gasteiger partial charge in [-0.15, -0.1) is 0 Å². The van der Waals surface area contributed by atoms with Crippen LogP contribution in [-0.4, -0.2) is 12.6 Å². The highest BCUT2D eigenvalue weighted by Gasteiger charge is 2.35. The van der Waals surface area contributed by atoms with Crippen molar-refractivity contribution in [3.63, 3.8) is 0 Å². The molecule has 2 fully saturated rings. The standard InChI is InChI=1S/C12H20O2/c1-2-14-12(13)11-7-9-4-3-5-10(6-9)8-11/h9-11H,2-8H2,1H3/t9-,10+,11?. The van der Waals surface area contributed by atoms with Crippen LogP contribution in [0.3, 0.4) is 0 Å². The molecule has 2 bridgehead atoms. The van der Waals surface area contributed by atoms with Crippen LogP contribution in [0.1, 0.15) is 45.4 Å². The molecular weight excluding hydrogens is 176 g/mol. The van der Waals surface area contributed by atoms with Gasteiger partial charge in [-0.05, 0) is 38.0 Å². The van der Waals surface area contributed by atoms with E-state index in [1.54, 1.807) is 0 Å². The summed E-state index contributed by atoms with van der Waals surface area (Å²) < 4.78 is 5.11. The Morgan fingerprint density at radius 2 is 1.86 bits per heavy atom.